The minimum atomic E-state index is -0.375. The molecule has 6 heteroatoms. The van der Waals surface area contributed by atoms with Gasteiger partial charge >= 0.3 is 0 Å². The molecule has 2 aromatic rings. The zero-order chi connectivity index (χ0) is 15.2. The summed E-state index contributed by atoms with van der Waals surface area (Å²) < 4.78 is 0. The molecule has 0 saturated carbocycles. The molecule has 0 fully saturated rings. The fraction of sp³-hybridized carbons (Fsp3) is 0.267. The van der Waals surface area contributed by atoms with Crippen LogP contribution in [0.3, 0.4) is 0 Å². The molecule has 0 radical (unpaired) electrons. The molecule has 0 aliphatic carbocycles. The van der Waals surface area contributed by atoms with Crippen LogP contribution in [0.1, 0.15) is 25.5 Å². The molecule has 0 spiro atoms. The predicted molar refractivity (Wildman–Crippen MR) is 83.1 cm³/mol. The first-order valence-corrected chi connectivity index (χ1v) is 7.03. The van der Waals surface area contributed by atoms with Crippen molar-refractivity contribution in [2.24, 2.45) is 0 Å². The molecule has 5 nitrogen and oxygen atoms in total. The highest BCUT2D eigenvalue weighted by molar-refractivity contribution is 6.30. The summed E-state index contributed by atoms with van der Waals surface area (Å²) >= 11 is 5.86. The summed E-state index contributed by atoms with van der Waals surface area (Å²) in [5.41, 5.74) is 1.06. The zero-order valence-electron chi connectivity index (χ0n) is 11.9. The summed E-state index contributed by atoms with van der Waals surface area (Å²) in [4.78, 5) is 20.0. The number of nitrogens with one attached hydrogen (secondary N) is 2. The molecule has 1 aromatic carbocycles. The average molecular weight is 305 g/mol. The third kappa shape index (κ3) is 4.51. The van der Waals surface area contributed by atoms with Gasteiger partial charge in [-0.2, -0.15) is 0 Å². The van der Waals surface area contributed by atoms with E-state index in [1.54, 1.807) is 25.4 Å². The lowest BCUT2D eigenvalue weighted by molar-refractivity contribution is -0.118. The first kappa shape index (κ1) is 15.4. The monoisotopic (exact) mass is 304 g/mol. The maximum absolute atomic E-state index is 12.1. The van der Waals surface area contributed by atoms with Crippen molar-refractivity contribution < 1.29 is 4.79 Å². The van der Waals surface area contributed by atoms with Crippen LogP contribution in [0.25, 0.3) is 0 Å². The van der Waals surface area contributed by atoms with Crippen LogP contribution in [0.5, 0.6) is 0 Å². The zero-order valence-corrected chi connectivity index (χ0v) is 12.6. The Labute approximate surface area is 128 Å². The normalized spacial score (nSPS) is 13.5. The summed E-state index contributed by atoms with van der Waals surface area (Å²) in [5, 5.41) is 6.58. The van der Waals surface area contributed by atoms with E-state index >= 15 is 0 Å². The van der Waals surface area contributed by atoms with Gasteiger partial charge in [-0.15, -0.1) is 0 Å². The van der Waals surface area contributed by atoms with E-state index in [4.69, 9.17) is 11.6 Å². The minimum absolute atomic E-state index is 0.0275. The van der Waals surface area contributed by atoms with E-state index in [2.05, 4.69) is 20.6 Å². The molecule has 2 atom stereocenters. The molecule has 1 heterocycles. The van der Waals surface area contributed by atoms with Crippen LogP contribution in [0.15, 0.2) is 42.7 Å². The predicted octanol–water partition coefficient (Wildman–Crippen LogP) is 2.81. The molecule has 110 valence electrons. The van der Waals surface area contributed by atoms with E-state index in [1.165, 1.54) is 0 Å². The van der Waals surface area contributed by atoms with Gasteiger partial charge in [0.2, 0.25) is 11.9 Å². The second kappa shape index (κ2) is 7.15. The Kier molecular flexibility index (Phi) is 5.25. The molecule has 1 amide bonds. The standard InChI is InChI=1S/C15H17ClN4O/c1-10(12-4-6-13(16)7-5-12)19-11(2)14(21)20-15-17-8-3-9-18-15/h3-11,19H,1-2H3,(H,17,18,20,21). The molecule has 1 aromatic heterocycles. The fourth-order valence-electron chi connectivity index (χ4n) is 1.88. The van der Waals surface area contributed by atoms with Crippen molar-refractivity contribution >= 4 is 23.5 Å². The Bertz CT molecular complexity index is 588. The van der Waals surface area contributed by atoms with Crippen LogP contribution < -0.4 is 10.6 Å². The molecule has 0 saturated heterocycles. The lowest BCUT2D eigenvalue weighted by Crippen LogP contribution is -2.39. The molecule has 0 aliphatic heterocycles. The van der Waals surface area contributed by atoms with E-state index < -0.39 is 0 Å². The van der Waals surface area contributed by atoms with Crippen LogP contribution >= 0.6 is 11.6 Å². The van der Waals surface area contributed by atoms with Gasteiger partial charge in [-0.1, -0.05) is 23.7 Å². The molecule has 2 unspecified atom stereocenters. The second-order valence-corrected chi connectivity index (χ2v) is 5.16. The maximum Gasteiger partial charge on any atom is 0.243 e. The number of rotatable bonds is 5. The first-order valence-electron chi connectivity index (χ1n) is 6.65. The van der Waals surface area contributed by atoms with Crippen LogP contribution in [0.4, 0.5) is 5.95 Å². The number of anilines is 1. The summed E-state index contributed by atoms with van der Waals surface area (Å²) in [5.74, 6) is 0.123. The topological polar surface area (TPSA) is 66.9 Å². The van der Waals surface area contributed by atoms with Crippen molar-refractivity contribution in [1.29, 1.82) is 0 Å². The Hall–Kier alpha value is -1.98. The Morgan fingerprint density at radius 3 is 2.38 bits per heavy atom. The molecule has 0 bridgehead atoms. The summed E-state index contributed by atoms with van der Waals surface area (Å²) in [6.45, 7) is 3.79. The number of carbonyl (C=O) groups is 1. The molecule has 2 N–H and O–H groups in total. The number of amides is 1. The van der Waals surface area contributed by atoms with Crippen LogP contribution in [0.2, 0.25) is 5.02 Å². The molecule has 2 rings (SSSR count). The van der Waals surface area contributed by atoms with Gasteiger partial charge in [-0.3, -0.25) is 15.4 Å². The van der Waals surface area contributed by atoms with Gasteiger partial charge in [-0.25, -0.2) is 9.97 Å². The third-order valence-corrected chi connectivity index (χ3v) is 3.32. The Balaban J connectivity index is 1.92. The van der Waals surface area contributed by atoms with Crippen LogP contribution in [0, 0.1) is 0 Å². The van der Waals surface area contributed by atoms with Gasteiger partial charge in [-0.05, 0) is 37.6 Å². The van der Waals surface area contributed by atoms with E-state index in [0.717, 1.165) is 5.56 Å². The summed E-state index contributed by atoms with van der Waals surface area (Å²) in [6, 6.07) is 8.88. The summed E-state index contributed by atoms with van der Waals surface area (Å²) in [7, 11) is 0. The number of nitrogens with zero attached hydrogens (tertiary/aromatic N) is 2. The number of carbonyl (C=O) groups excluding carboxylic acids is 1. The van der Waals surface area contributed by atoms with E-state index in [0.29, 0.717) is 11.0 Å². The smallest absolute Gasteiger partial charge is 0.243 e. The Morgan fingerprint density at radius 1 is 1.14 bits per heavy atom. The van der Waals surface area contributed by atoms with Crippen molar-refractivity contribution in [3.05, 3.63) is 53.3 Å². The number of benzene rings is 1. The summed E-state index contributed by atoms with van der Waals surface area (Å²) in [6.07, 6.45) is 3.16. The number of hydrogen-bond acceptors (Lipinski definition) is 4. The number of aromatic nitrogens is 2. The Morgan fingerprint density at radius 2 is 1.76 bits per heavy atom. The van der Waals surface area contributed by atoms with Crippen molar-refractivity contribution in [1.82, 2.24) is 15.3 Å². The number of hydrogen-bond donors (Lipinski definition) is 2. The van der Waals surface area contributed by atoms with E-state index in [-0.39, 0.29) is 18.0 Å². The minimum Gasteiger partial charge on any atom is -0.299 e. The molecule has 0 aliphatic rings. The van der Waals surface area contributed by atoms with Gasteiger partial charge in [0, 0.05) is 23.5 Å². The van der Waals surface area contributed by atoms with Crippen LogP contribution in [-0.2, 0) is 4.79 Å². The third-order valence-electron chi connectivity index (χ3n) is 3.06. The molecular weight excluding hydrogens is 288 g/mol. The van der Waals surface area contributed by atoms with E-state index in [1.807, 2.05) is 31.2 Å². The van der Waals surface area contributed by atoms with Crippen molar-refractivity contribution in [3.8, 4) is 0 Å². The van der Waals surface area contributed by atoms with Gasteiger partial charge in [0.25, 0.3) is 0 Å². The van der Waals surface area contributed by atoms with Crippen molar-refractivity contribution in [3.63, 3.8) is 0 Å². The number of halogens is 1. The van der Waals surface area contributed by atoms with Crippen molar-refractivity contribution in [2.45, 2.75) is 25.9 Å². The van der Waals surface area contributed by atoms with E-state index in [9.17, 15) is 4.79 Å². The second-order valence-electron chi connectivity index (χ2n) is 4.72. The van der Waals surface area contributed by atoms with Gasteiger partial charge in [0.15, 0.2) is 0 Å². The average Bonchev–Trinajstić information content (AvgIpc) is 2.48. The lowest BCUT2D eigenvalue weighted by atomic mass is 10.1. The molecule has 21 heavy (non-hydrogen) atoms. The molecular formula is C15H17ClN4O. The lowest BCUT2D eigenvalue weighted by Gasteiger charge is -2.19. The SMILES string of the molecule is CC(NC(C)c1ccc(Cl)cc1)C(=O)Nc1ncccn1. The highest BCUT2D eigenvalue weighted by Crippen LogP contribution is 2.16. The van der Waals surface area contributed by atoms with Crippen molar-refractivity contribution in [2.75, 3.05) is 5.32 Å². The van der Waals surface area contributed by atoms with Gasteiger partial charge in [0.1, 0.15) is 0 Å². The first-order chi connectivity index (χ1) is 10.1. The van der Waals surface area contributed by atoms with Gasteiger partial charge < -0.3 is 0 Å². The quantitative estimate of drug-likeness (QED) is 0.891. The maximum atomic E-state index is 12.1. The van der Waals surface area contributed by atoms with Crippen LogP contribution in [-0.4, -0.2) is 21.9 Å². The highest BCUT2D eigenvalue weighted by Gasteiger charge is 2.17. The fourth-order valence-corrected chi connectivity index (χ4v) is 2.01. The largest absolute Gasteiger partial charge is 0.299 e. The highest BCUT2D eigenvalue weighted by atomic mass is 35.5. The van der Waals surface area contributed by atoms with Gasteiger partial charge in [0.05, 0.1) is 6.04 Å².